The molecule has 1 aliphatic heterocycles. The van der Waals surface area contributed by atoms with Gasteiger partial charge in [0.2, 0.25) is 5.88 Å². The van der Waals surface area contributed by atoms with Crippen molar-refractivity contribution in [3.05, 3.63) is 69.0 Å². The molecule has 27 heavy (non-hydrogen) atoms. The van der Waals surface area contributed by atoms with Crippen LogP contribution in [0.3, 0.4) is 0 Å². The van der Waals surface area contributed by atoms with E-state index in [4.69, 9.17) is 10.5 Å². The fourth-order valence-electron chi connectivity index (χ4n) is 3.26. The third-order valence-electron chi connectivity index (χ3n) is 4.69. The molecule has 0 unspecified atom stereocenters. The Morgan fingerprint density at radius 2 is 2.00 bits per heavy atom. The number of ether oxygens (including phenoxy) is 1. The van der Waals surface area contributed by atoms with Crippen LogP contribution in [0.15, 0.2) is 46.6 Å². The molecule has 0 spiro atoms. The van der Waals surface area contributed by atoms with Crippen LogP contribution in [0.5, 0.6) is 11.5 Å². The molecule has 3 N–H and O–H groups in total. The molecular formula is C20H22N4O3. The van der Waals surface area contributed by atoms with E-state index in [-0.39, 0.29) is 22.8 Å². The summed E-state index contributed by atoms with van der Waals surface area (Å²) in [6.45, 7) is 3.07. The number of rotatable bonds is 4. The fourth-order valence-corrected chi connectivity index (χ4v) is 3.26. The first kappa shape index (κ1) is 18.5. The third-order valence-corrected chi connectivity index (χ3v) is 4.69. The normalized spacial score (nSPS) is 16.0. The summed E-state index contributed by atoms with van der Waals surface area (Å²) in [5, 5.41) is 19.2. The van der Waals surface area contributed by atoms with Crippen LogP contribution in [0, 0.1) is 18.3 Å². The SMILES string of the molecule is Cc1cc2c(c(=O)n1CCN(C)C)[C@H](c1ccc(O)cc1)C(C#N)=C(N)O2. The summed E-state index contributed by atoms with van der Waals surface area (Å²) in [5.41, 5.74) is 7.79. The summed E-state index contributed by atoms with van der Waals surface area (Å²) < 4.78 is 7.30. The first-order valence-corrected chi connectivity index (χ1v) is 8.59. The number of fused-ring (bicyclic) bond motifs is 1. The molecule has 3 rings (SSSR count). The van der Waals surface area contributed by atoms with Crippen LogP contribution >= 0.6 is 0 Å². The van der Waals surface area contributed by atoms with Crippen molar-refractivity contribution >= 4 is 0 Å². The lowest BCUT2D eigenvalue weighted by Gasteiger charge is -2.27. The minimum absolute atomic E-state index is 0.00656. The zero-order valence-corrected chi connectivity index (χ0v) is 15.6. The highest BCUT2D eigenvalue weighted by molar-refractivity contribution is 5.55. The minimum atomic E-state index is -0.641. The Hall–Kier alpha value is -3.24. The highest BCUT2D eigenvalue weighted by Crippen LogP contribution is 2.40. The van der Waals surface area contributed by atoms with Gasteiger partial charge in [0, 0.05) is 24.8 Å². The summed E-state index contributed by atoms with van der Waals surface area (Å²) >= 11 is 0. The number of allylic oxidation sites excluding steroid dienone is 1. The number of aromatic nitrogens is 1. The molecule has 140 valence electrons. The van der Waals surface area contributed by atoms with Gasteiger partial charge in [0.1, 0.15) is 23.1 Å². The molecule has 0 fully saturated rings. The van der Waals surface area contributed by atoms with Crippen molar-refractivity contribution in [2.24, 2.45) is 5.73 Å². The largest absolute Gasteiger partial charge is 0.508 e. The van der Waals surface area contributed by atoms with Crippen LogP contribution in [0.25, 0.3) is 0 Å². The van der Waals surface area contributed by atoms with E-state index in [0.29, 0.717) is 30.0 Å². The van der Waals surface area contributed by atoms with E-state index in [0.717, 1.165) is 5.69 Å². The molecule has 0 amide bonds. The molecule has 1 aromatic carbocycles. The van der Waals surface area contributed by atoms with Crippen molar-refractivity contribution in [3.8, 4) is 17.6 Å². The summed E-state index contributed by atoms with van der Waals surface area (Å²) in [7, 11) is 3.89. The Morgan fingerprint density at radius 3 is 2.59 bits per heavy atom. The van der Waals surface area contributed by atoms with Gasteiger partial charge >= 0.3 is 0 Å². The Bertz CT molecular complexity index is 998. The number of nitrogens with zero attached hydrogens (tertiary/aromatic N) is 3. The highest BCUT2D eigenvalue weighted by atomic mass is 16.5. The number of aryl methyl sites for hydroxylation is 1. The van der Waals surface area contributed by atoms with E-state index in [9.17, 15) is 15.2 Å². The fraction of sp³-hybridized carbons (Fsp3) is 0.300. The smallest absolute Gasteiger partial charge is 0.258 e. The lowest BCUT2D eigenvalue weighted by molar-refractivity contribution is 0.369. The Labute approximate surface area is 157 Å². The van der Waals surface area contributed by atoms with Crippen LogP contribution in [-0.2, 0) is 6.54 Å². The monoisotopic (exact) mass is 366 g/mol. The van der Waals surface area contributed by atoms with E-state index < -0.39 is 5.92 Å². The number of likely N-dealkylation sites (N-methyl/N-ethyl adjacent to an activating group) is 1. The molecule has 0 bridgehead atoms. The van der Waals surface area contributed by atoms with Gasteiger partial charge in [0.25, 0.3) is 5.56 Å². The van der Waals surface area contributed by atoms with E-state index in [1.807, 2.05) is 25.9 Å². The molecular weight excluding hydrogens is 344 g/mol. The number of hydrogen-bond acceptors (Lipinski definition) is 6. The molecule has 2 heterocycles. The van der Waals surface area contributed by atoms with Gasteiger partial charge in [0.15, 0.2) is 0 Å². The van der Waals surface area contributed by atoms with Crippen molar-refractivity contribution < 1.29 is 9.84 Å². The first-order chi connectivity index (χ1) is 12.8. The highest BCUT2D eigenvalue weighted by Gasteiger charge is 2.34. The van der Waals surface area contributed by atoms with E-state index in [2.05, 4.69) is 6.07 Å². The van der Waals surface area contributed by atoms with Gasteiger partial charge in [-0.05, 0) is 38.7 Å². The molecule has 1 aliphatic rings. The second-order valence-electron chi connectivity index (χ2n) is 6.84. The van der Waals surface area contributed by atoms with Crippen molar-refractivity contribution in [2.45, 2.75) is 19.4 Å². The lowest BCUT2D eigenvalue weighted by atomic mass is 9.84. The number of benzene rings is 1. The number of phenols is 1. The Balaban J connectivity index is 2.22. The first-order valence-electron chi connectivity index (χ1n) is 8.59. The number of phenolic OH excluding ortho intramolecular Hbond substituents is 1. The number of nitrogens with two attached hydrogens (primary N) is 1. The minimum Gasteiger partial charge on any atom is -0.508 e. The number of aromatic hydroxyl groups is 1. The van der Waals surface area contributed by atoms with Crippen molar-refractivity contribution in [1.29, 1.82) is 5.26 Å². The predicted molar refractivity (Wildman–Crippen MR) is 101 cm³/mol. The van der Waals surface area contributed by atoms with Crippen LogP contribution in [0.1, 0.15) is 22.7 Å². The molecule has 0 saturated carbocycles. The maximum absolute atomic E-state index is 13.3. The number of nitriles is 1. The van der Waals surface area contributed by atoms with Crippen molar-refractivity contribution in [3.63, 3.8) is 0 Å². The molecule has 0 saturated heterocycles. The van der Waals surface area contributed by atoms with Crippen molar-refractivity contribution in [2.75, 3.05) is 20.6 Å². The third kappa shape index (κ3) is 3.39. The lowest BCUT2D eigenvalue weighted by Crippen LogP contribution is -2.34. The molecule has 1 atom stereocenters. The van der Waals surface area contributed by atoms with Crippen LogP contribution in [0.4, 0.5) is 0 Å². The second-order valence-corrected chi connectivity index (χ2v) is 6.84. The van der Waals surface area contributed by atoms with Gasteiger partial charge in [-0.15, -0.1) is 0 Å². The molecule has 7 nitrogen and oxygen atoms in total. The van der Waals surface area contributed by atoms with Crippen molar-refractivity contribution in [1.82, 2.24) is 9.47 Å². The second kappa shape index (κ2) is 7.17. The topological polar surface area (TPSA) is 105 Å². The zero-order chi connectivity index (χ0) is 19.7. The van der Waals surface area contributed by atoms with E-state index in [1.165, 1.54) is 12.1 Å². The van der Waals surface area contributed by atoms with Crippen LogP contribution in [0.2, 0.25) is 0 Å². The summed E-state index contributed by atoms with van der Waals surface area (Å²) in [5.74, 6) is -0.173. The molecule has 7 heteroatoms. The maximum atomic E-state index is 13.3. The maximum Gasteiger partial charge on any atom is 0.258 e. The average molecular weight is 366 g/mol. The van der Waals surface area contributed by atoms with Gasteiger partial charge in [-0.2, -0.15) is 5.26 Å². The average Bonchev–Trinajstić information content (AvgIpc) is 2.61. The molecule has 2 aromatic rings. The molecule has 1 aromatic heterocycles. The zero-order valence-electron chi connectivity index (χ0n) is 15.6. The van der Waals surface area contributed by atoms with Gasteiger partial charge < -0.3 is 25.0 Å². The summed E-state index contributed by atoms with van der Waals surface area (Å²) in [4.78, 5) is 15.3. The van der Waals surface area contributed by atoms with Crippen LogP contribution in [-0.4, -0.2) is 35.2 Å². The molecule has 0 aliphatic carbocycles. The Morgan fingerprint density at radius 1 is 1.33 bits per heavy atom. The quantitative estimate of drug-likeness (QED) is 0.852. The van der Waals surface area contributed by atoms with Gasteiger partial charge in [-0.1, -0.05) is 12.1 Å². The van der Waals surface area contributed by atoms with Gasteiger partial charge in [-0.25, -0.2) is 0 Å². The predicted octanol–water partition coefficient (Wildman–Crippen LogP) is 1.64. The standard InChI is InChI=1S/C20H22N4O3/c1-12-10-16-18(20(26)24(12)9-8-23(2)3)17(15(11-21)19(22)27-16)13-4-6-14(25)7-5-13/h4-7,10,17,25H,8-9,22H2,1-3H3/t17-/m1/s1. The molecule has 0 radical (unpaired) electrons. The van der Waals surface area contributed by atoms with Gasteiger partial charge in [-0.3, -0.25) is 4.79 Å². The van der Waals surface area contributed by atoms with Crippen LogP contribution < -0.4 is 16.0 Å². The number of hydrogen-bond donors (Lipinski definition) is 2. The summed E-state index contributed by atoms with van der Waals surface area (Å²) in [6, 6.07) is 10.3. The summed E-state index contributed by atoms with van der Waals surface area (Å²) in [6.07, 6.45) is 0. The number of pyridine rings is 1. The Kier molecular flexibility index (Phi) is 4.93. The van der Waals surface area contributed by atoms with E-state index in [1.54, 1.807) is 22.8 Å². The van der Waals surface area contributed by atoms with Gasteiger partial charge in [0.05, 0.1) is 11.5 Å². The van der Waals surface area contributed by atoms with E-state index >= 15 is 0 Å².